The number of rotatable bonds is 4. The minimum absolute atomic E-state index is 0.0804. The molecule has 2 aromatic carbocycles. The zero-order chi connectivity index (χ0) is 15.6. The average molecular weight is 352 g/mol. The third-order valence-electron chi connectivity index (χ3n) is 2.77. The second kappa shape index (κ2) is 5.92. The van der Waals surface area contributed by atoms with E-state index in [4.69, 9.17) is 9.84 Å². The summed E-state index contributed by atoms with van der Waals surface area (Å²) in [6, 6.07) is 8.74. The molecule has 0 heterocycles. The SMILES string of the molecule is Cc1cc(Oc2cc(Br)ccc2[N+](=O)[O-])ccc1C(=O)O. The zero-order valence-electron chi connectivity index (χ0n) is 10.9. The first kappa shape index (κ1) is 15.0. The van der Waals surface area contributed by atoms with Gasteiger partial charge in [0.2, 0.25) is 5.75 Å². The molecule has 0 saturated carbocycles. The molecular weight excluding hydrogens is 342 g/mol. The fourth-order valence-corrected chi connectivity index (χ4v) is 2.13. The van der Waals surface area contributed by atoms with E-state index in [1.54, 1.807) is 13.0 Å². The lowest BCUT2D eigenvalue weighted by molar-refractivity contribution is -0.385. The normalized spacial score (nSPS) is 10.2. The average Bonchev–Trinajstić information content (AvgIpc) is 2.37. The van der Waals surface area contributed by atoms with E-state index in [0.29, 0.717) is 15.8 Å². The second-order valence-electron chi connectivity index (χ2n) is 4.25. The Labute approximate surface area is 128 Å². The quantitative estimate of drug-likeness (QED) is 0.659. The molecular formula is C14H10BrNO5. The summed E-state index contributed by atoms with van der Waals surface area (Å²) in [4.78, 5) is 21.4. The molecule has 0 unspecified atom stereocenters. The number of nitrogens with zero attached hydrogens (tertiary/aromatic N) is 1. The van der Waals surface area contributed by atoms with Crippen molar-refractivity contribution >= 4 is 27.6 Å². The first-order valence-corrected chi connectivity index (χ1v) is 6.63. The summed E-state index contributed by atoms with van der Waals surface area (Å²) in [5.74, 6) is -0.622. The third kappa shape index (κ3) is 3.38. The lowest BCUT2D eigenvalue weighted by atomic mass is 10.1. The molecule has 0 fully saturated rings. The van der Waals surface area contributed by atoms with E-state index in [1.807, 2.05) is 0 Å². The fourth-order valence-electron chi connectivity index (χ4n) is 1.79. The minimum Gasteiger partial charge on any atom is -0.478 e. The number of carbonyl (C=O) groups is 1. The van der Waals surface area contributed by atoms with Crippen LogP contribution in [0, 0.1) is 17.0 Å². The molecule has 0 spiro atoms. The number of ether oxygens (including phenoxy) is 1. The van der Waals surface area contributed by atoms with Gasteiger partial charge in [0, 0.05) is 16.6 Å². The zero-order valence-corrected chi connectivity index (χ0v) is 12.5. The molecule has 0 aliphatic heterocycles. The number of benzene rings is 2. The van der Waals surface area contributed by atoms with E-state index in [1.165, 1.54) is 30.3 Å². The van der Waals surface area contributed by atoms with Crippen LogP contribution in [0.3, 0.4) is 0 Å². The number of carboxylic acid groups (broad SMARTS) is 1. The molecule has 0 bridgehead atoms. The number of nitro groups is 1. The van der Waals surface area contributed by atoms with E-state index in [0.717, 1.165) is 0 Å². The molecule has 0 aliphatic rings. The van der Waals surface area contributed by atoms with Gasteiger partial charge in [0.15, 0.2) is 0 Å². The Morgan fingerprint density at radius 1 is 1.29 bits per heavy atom. The number of aromatic carboxylic acids is 1. The Morgan fingerprint density at radius 2 is 2.00 bits per heavy atom. The Hall–Kier alpha value is -2.41. The second-order valence-corrected chi connectivity index (χ2v) is 5.17. The Bertz CT molecular complexity index is 729. The smallest absolute Gasteiger partial charge is 0.335 e. The topological polar surface area (TPSA) is 89.7 Å². The summed E-state index contributed by atoms with van der Waals surface area (Å²) < 4.78 is 6.14. The molecule has 108 valence electrons. The lowest BCUT2D eigenvalue weighted by Gasteiger charge is -2.08. The largest absolute Gasteiger partial charge is 0.478 e. The molecule has 21 heavy (non-hydrogen) atoms. The molecule has 0 saturated heterocycles. The van der Waals surface area contributed by atoms with Crippen molar-refractivity contribution < 1.29 is 19.6 Å². The van der Waals surface area contributed by atoms with Gasteiger partial charge >= 0.3 is 11.7 Å². The van der Waals surface area contributed by atoms with Gasteiger partial charge in [-0.1, -0.05) is 15.9 Å². The van der Waals surface area contributed by atoms with Crippen molar-refractivity contribution in [3.8, 4) is 11.5 Å². The van der Waals surface area contributed by atoms with Crippen LogP contribution in [0.25, 0.3) is 0 Å². The fraction of sp³-hybridized carbons (Fsp3) is 0.0714. The number of halogens is 1. The number of aryl methyl sites for hydroxylation is 1. The minimum atomic E-state index is -1.03. The first-order chi connectivity index (χ1) is 9.88. The van der Waals surface area contributed by atoms with Gasteiger partial charge in [-0.3, -0.25) is 10.1 Å². The molecule has 7 heteroatoms. The number of carboxylic acids is 1. The highest BCUT2D eigenvalue weighted by atomic mass is 79.9. The van der Waals surface area contributed by atoms with Gasteiger partial charge in [0.05, 0.1) is 10.5 Å². The summed E-state index contributed by atoms with van der Waals surface area (Å²) in [6.45, 7) is 1.63. The maximum Gasteiger partial charge on any atom is 0.335 e. The van der Waals surface area contributed by atoms with Crippen molar-refractivity contribution in [2.75, 3.05) is 0 Å². The monoisotopic (exact) mass is 351 g/mol. The van der Waals surface area contributed by atoms with Gasteiger partial charge in [-0.25, -0.2) is 4.79 Å². The van der Waals surface area contributed by atoms with E-state index in [2.05, 4.69) is 15.9 Å². The molecule has 2 aromatic rings. The van der Waals surface area contributed by atoms with Crippen molar-refractivity contribution in [1.29, 1.82) is 0 Å². The molecule has 2 rings (SSSR count). The standard InChI is InChI=1S/C14H10BrNO5/c1-8-6-10(3-4-11(8)14(17)18)21-13-7-9(15)2-5-12(13)16(19)20/h2-7H,1H3,(H,17,18). The summed E-state index contributed by atoms with van der Waals surface area (Å²) in [5, 5.41) is 19.9. The molecule has 1 N–H and O–H groups in total. The maximum absolute atomic E-state index is 11.0. The number of hydrogen-bond acceptors (Lipinski definition) is 4. The van der Waals surface area contributed by atoms with Gasteiger partial charge in [0.25, 0.3) is 0 Å². The van der Waals surface area contributed by atoms with Gasteiger partial charge in [-0.05, 0) is 36.8 Å². The summed E-state index contributed by atoms with van der Waals surface area (Å²) >= 11 is 3.22. The van der Waals surface area contributed by atoms with Crippen LogP contribution in [-0.4, -0.2) is 16.0 Å². The summed E-state index contributed by atoms with van der Waals surface area (Å²) in [7, 11) is 0. The van der Waals surface area contributed by atoms with E-state index < -0.39 is 10.9 Å². The molecule has 0 atom stereocenters. The Balaban J connectivity index is 2.38. The first-order valence-electron chi connectivity index (χ1n) is 5.84. The molecule has 0 amide bonds. The van der Waals surface area contributed by atoms with Crippen LogP contribution in [0.4, 0.5) is 5.69 Å². The Kier molecular flexibility index (Phi) is 4.23. The van der Waals surface area contributed by atoms with Crippen LogP contribution < -0.4 is 4.74 Å². The van der Waals surface area contributed by atoms with Crippen LogP contribution in [0.15, 0.2) is 40.9 Å². The third-order valence-corrected chi connectivity index (χ3v) is 3.27. The van der Waals surface area contributed by atoms with Gasteiger partial charge in [-0.2, -0.15) is 0 Å². The van der Waals surface area contributed by atoms with Crippen LogP contribution in [0.1, 0.15) is 15.9 Å². The van der Waals surface area contributed by atoms with E-state index in [-0.39, 0.29) is 17.0 Å². The van der Waals surface area contributed by atoms with Gasteiger partial charge < -0.3 is 9.84 Å². The maximum atomic E-state index is 11.0. The highest BCUT2D eigenvalue weighted by Gasteiger charge is 2.17. The highest BCUT2D eigenvalue weighted by molar-refractivity contribution is 9.10. The van der Waals surface area contributed by atoms with Crippen molar-refractivity contribution in [2.24, 2.45) is 0 Å². The van der Waals surface area contributed by atoms with Crippen molar-refractivity contribution in [3.05, 3.63) is 62.1 Å². The lowest BCUT2D eigenvalue weighted by Crippen LogP contribution is -2.00. The number of nitro benzene ring substituents is 1. The summed E-state index contributed by atoms with van der Waals surface area (Å²) in [6.07, 6.45) is 0. The van der Waals surface area contributed by atoms with Crippen molar-refractivity contribution in [3.63, 3.8) is 0 Å². The molecule has 6 nitrogen and oxygen atoms in total. The van der Waals surface area contributed by atoms with Crippen LogP contribution in [0.2, 0.25) is 0 Å². The predicted molar refractivity (Wildman–Crippen MR) is 79.0 cm³/mol. The molecule has 0 aromatic heterocycles. The van der Waals surface area contributed by atoms with Crippen LogP contribution in [0.5, 0.6) is 11.5 Å². The molecule has 0 radical (unpaired) electrons. The van der Waals surface area contributed by atoms with Crippen LogP contribution >= 0.6 is 15.9 Å². The summed E-state index contributed by atoms with van der Waals surface area (Å²) in [5.41, 5.74) is 0.502. The van der Waals surface area contributed by atoms with E-state index >= 15 is 0 Å². The van der Waals surface area contributed by atoms with Crippen LogP contribution in [-0.2, 0) is 0 Å². The van der Waals surface area contributed by atoms with Gasteiger partial charge in [0.1, 0.15) is 5.75 Å². The van der Waals surface area contributed by atoms with Gasteiger partial charge in [-0.15, -0.1) is 0 Å². The van der Waals surface area contributed by atoms with Crippen molar-refractivity contribution in [2.45, 2.75) is 6.92 Å². The van der Waals surface area contributed by atoms with E-state index in [9.17, 15) is 14.9 Å². The Morgan fingerprint density at radius 3 is 2.57 bits per heavy atom. The predicted octanol–water partition coefficient (Wildman–Crippen LogP) is 4.16. The number of hydrogen-bond donors (Lipinski definition) is 1. The highest BCUT2D eigenvalue weighted by Crippen LogP contribution is 2.34. The van der Waals surface area contributed by atoms with Crippen molar-refractivity contribution in [1.82, 2.24) is 0 Å². The molecule has 0 aliphatic carbocycles.